The SMILES string of the molecule is Fc1cnc(Cl)nc1NCCN1CCOCC1.NNc1ncc(F)c(NCCN2CCOCC2)n1.[H-].[H-].[K+].[K+]. The number of halogens is 3. The van der Waals surface area contributed by atoms with Gasteiger partial charge >= 0.3 is 103 Å². The van der Waals surface area contributed by atoms with E-state index in [0.717, 1.165) is 78.1 Å². The van der Waals surface area contributed by atoms with E-state index >= 15 is 0 Å². The van der Waals surface area contributed by atoms with Crippen molar-refractivity contribution in [1.29, 1.82) is 0 Å². The molecule has 2 fully saturated rings. The number of nitrogens with one attached hydrogen (secondary N) is 3. The van der Waals surface area contributed by atoms with Crippen molar-refractivity contribution in [2.45, 2.75) is 0 Å². The number of rotatable bonds is 9. The molecule has 12 nitrogen and oxygen atoms in total. The topological polar surface area (TPSA) is 139 Å². The molecule has 0 saturated carbocycles. The van der Waals surface area contributed by atoms with Crippen molar-refractivity contribution in [2.24, 2.45) is 5.84 Å². The molecule has 5 N–H and O–H groups in total. The van der Waals surface area contributed by atoms with Crippen molar-refractivity contribution in [1.82, 2.24) is 29.7 Å². The molecule has 0 spiro atoms. The normalized spacial score (nSPS) is 15.9. The summed E-state index contributed by atoms with van der Waals surface area (Å²) in [6, 6.07) is 0. The van der Waals surface area contributed by atoms with Crippen molar-refractivity contribution in [3.8, 4) is 0 Å². The predicted molar refractivity (Wildman–Crippen MR) is 131 cm³/mol. The molecule has 0 atom stereocenters. The first kappa shape index (κ1) is 35.8. The van der Waals surface area contributed by atoms with Crippen molar-refractivity contribution < 1.29 is 124 Å². The maximum absolute atomic E-state index is 13.4. The Morgan fingerprint density at radius 2 is 1.30 bits per heavy atom. The summed E-state index contributed by atoms with van der Waals surface area (Å²) in [7, 11) is 0. The number of nitrogens with zero attached hydrogens (tertiary/aromatic N) is 6. The summed E-state index contributed by atoms with van der Waals surface area (Å²) in [5, 5.41) is 5.88. The van der Waals surface area contributed by atoms with Crippen LogP contribution in [0, 0.1) is 11.6 Å². The molecule has 0 aromatic carbocycles. The molecular weight excluding hydrogens is 564 g/mol. The largest absolute Gasteiger partial charge is 1.00 e. The van der Waals surface area contributed by atoms with Crippen molar-refractivity contribution in [3.05, 3.63) is 29.3 Å². The monoisotopic (exact) mass is 596 g/mol. The molecule has 0 amide bonds. The summed E-state index contributed by atoms with van der Waals surface area (Å²) in [6.07, 6.45) is 2.14. The fraction of sp³-hybridized carbons (Fsp3) is 0.600. The number of hydrazine groups is 1. The molecule has 2 saturated heterocycles. The number of nitrogen functional groups attached to an aromatic ring is 1. The van der Waals surface area contributed by atoms with Gasteiger partial charge in [-0.2, -0.15) is 9.97 Å². The van der Waals surface area contributed by atoms with E-state index in [1.54, 1.807) is 0 Å². The number of morpholine rings is 2. The van der Waals surface area contributed by atoms with E-state index in [4.69, 9.17) is 26.9 Å². The van der Waals surface area contributed by atoms with Gasteiger partial charge in [0.15, 0.2) is 23.3 Å². The molecule has 0 aliphatic carbocycles. The molecule has 4 rings (SSSR count). The summed E-state index contributed by atoms with van der Waals surface area (Å²) < 4.78 is 37.1. The zero-order chi connectivity index (χ0) is 24.9. The third kappa shape index (κ3) is 13.8. The summed E-state index contributed by atoms with van der Waals surface area (Å²) in [4.78, 5) is 19.4. The minimum atomic E-state index is -0.490. The Labute approximate surface area is 308 Å². The summed E-state index contributed by atoms with van der Waals surface area (Å²) >= 11 is 5.59. The predicted octanol–water partition coefficient (Wildman–Crippen LogP) is -5.11. The molecule has 2 aliphatic rings. The Balaban J connectivity index is 0. The molecule has 2 aromatic heterocycles. The maximum Gasteiger partial charge on any atom is 1.00 e. The average Bonchev–Trinajstić information content (AvgIpc) is 2.89. The zero-order valence-corrected chi connectivity index (χ0v) is 28.4. The van der Waals surface area contributed by atoms with Gasteiger partial charge in [0.2, 0.25) is 11.2 Å². The minimum Gasteiger partial charge on any atom is -1.00 e. The van der Waals surface area contributed by atoms with E-state index in [1.165, 1.54) is 0 Å². The van der Waals surface area contributed by atoms with Crippen LogP contribution in [0.5, 0.6) is 0 Å². The van der Waals surface area contributed by atoms with E-state index in [9.17, 15) is 8.78 Å². The first-order valence-electron chi connectivity index (χ1n) is 11.3. The quantitative estimate of drug-likeness (QED) is 0.0953. The zero-order valence-electron chi connectivity index (χ0n) is 23.4. The van der Waals surface area contributed by atoms with E-state index in [-0.39, 0.29) is 128 Å². The Kier molecular flexibility index (Phi) is 20.0. The van der Waals surface area contributed by atoms with Gasteiger partial charge in [0.1, 0.15) is 0 Å². The fourth-order valence-electron chi connectivity index (χ4n) is 3.34. The van der Waals surface area contributed by atoms with Gasteiger partial charge in [-0.05, 0) is 11.6 Å². The summed E-state index contributed by atoms with van der Waals surface area (Å²) in [5.41, 5.74) is 2.28. The molecule has 2 aliphatic heterocycles. The second-order valence-electron chi connectivity index (χ2n) is 7.63. The van der Waals surface area contributed by atoms with Crippen LogP contribution in [0.25, 0.3) is 0 Å². The van der Waals surface area contributed by atoms with Gasteiger partial charge in [0.25, 0.3) is 0 Å². The van der Waals surface area contributed by atoms with Gasteiger partial charge in [-0.15, -0.1) is 0 Å². The standard InChI is InChI=1S/C10H14ClFN4O.C10H17FN6O.2K.2H/c11-10-14-7-8(12)9(15-10)13-1-2-16-3-5-17-6-4-16;11-8-7-14-10(16-12)15-9(8)13-1-2-17-3-5-18-6-4-17;;;;/h7H,1-6H2,(H,13,14,15);7H,1-6,12H2,(H2,13,14,15,16);;;;/q;;2*+1;2*-1. The van der Waals surface area contributed by atoms with Crippen LogP contribution in [0.2, 0.25) is 5.28 Å². The van der Waals surface area contributed by atoms with Gasteiger partial charge in [-0.25, -0.2) is 24.6 Å². The Bertz CT molecular complexity index is 927. The molecule has 198 valence electrons. The number of hydrogen-bond acceptors (Lipinski definition) is 12. The fourth-order valence-corrected chi connectivity index (χ4v) is 3.48. The van der Waals surface area contributed by atoms with E-state index in [1.807, 2.05) is 0 Å². The van der Waals surface area contributed by atoms with Crippen molar-refractivity contribution in [2.75, 3.05) is 94.8 Å². The van der Waals surface area contributed by atoms with Crippen LogP contribution in [-0.2, 0) is 9.47 Å². The molecule has 17 heteroatoms. The van der Waals surface area contributed by atoms with E-state index in [2.05, 4.69) is 45.8 Å². The maximum atomic E-state index is 13.4. The first-order valence-corrected chi connectivity index (χ1v) is 11.7. The second-order valence-corrected chi connectivity index (χ2v) is 7.97. The van der Waals surface area contributed by atoms with Crippen LogP contribution in [0.15, 0.2) is 12.4 Å². The third-order valence-corrected chi connectivity index (χ3v) is 5.42. The van der Waals surface area contributed by atoms with Gasteiger partial charge in [-0.3, -0.25) is 15.2 Å². The molecule has 2 aromatic rings. The minimum absolute atomic E-state index is 0. The van der Waals surface area contributed by atoms with Gasteiger partial charge in [0, 0.05) is 52.4 Å². The summed E-state index contributed by atoms with van der Waals surface area (Å²) in [5.74, 6) is 4.68. The number of anilines is 3. The molecular formula is C20H33ClF2K2N10O2. The molecule has 0 bridgehead atoms. The smallest absolute Gasteiger partial charge is 1.00 e. The van der Waals surface area contributed by atoms with Crippen LogP contribution in [0.4, 0.5) is 26.4 Å². The van der Waals surface area contributed by atoms with Gasteiger partial charge < -0.3 is 23.0 Å². The van der Waals surface area contributed by atoms with E-state index in [0.29, 0.717) is 13.1 Å². The number of hydrogen-bond donors (Lipinski definition) is 4. The van der Waals surface area contributed by atoms with Crippen LogP contribution in [0.1, 0.15) is 2.85 Å². The van der Waals surface area contributed by atoms with Gasteiger partial charge in [0.05, 0.1) is 38.8 Å². The molecule has 0 unspecified atom stereocenters. The van der Waals surface area contributed by atoms with Crippen LogP contribution >= 0.6 is 11.6 Å². The Morgan fingerprint density at radius 1 is 0.838 bits per heavy atom. The van der Waals surface area contributed by atoms with Crippen LogP contribution < -0.4 is 125 Å². The first-order chi connectivity index (χ1) is 17.0. The number of aromatic nitrogens is 4. The third-order valence-electron chi connectivity index (χ3n) is 5.24. The van der Waals surface area contributed by atoms with Crippen LogP contribution in [0.3, 0.4) is 0 Å². The Morgan fingerprint density at radius 3 is 1.78 bits per heavy atom. The second kappa shape index (κ2) is 20.6. The van der Waals surface area contributed by atoms with Crippen molar-refractivity contribution in [3.63, 3.8) is 0 Å². The Hall–Kier alpha value is 0.783. The van der Waals surface area contributed by atoms with Crippen molar-refractivity contribution >= 4 is 29.2 Å². The number of nitrogens with two attached hydrogens (primary N) is 1. The summed E-state index contributed by atoms with van der Waals surface area (Å²) in [6.45, 7) is 9.52. The number of ether oxygens (including phenoxy) is 2. The molecule has 4 heterocycles. The average molecular weight is 597 g/mol. The van der Waals surface area contributed by atoms with Crippen LogP contribution in [-0.4, -0.2) is 109 Å². The molecule has 0 radical (unpaired) electrons. The van der Waals surface area contributed by atoms with E-state index < -0.39 is 11.6 Å². The van der Waals surface area contributed by atoms with Gasteiger partial charge in [-0.1, -0.05) is 0 Å². The molecule has 37 heavy (non-hydrogen) atoms.